The van der Waals surface area contributed by atoms with Gasteiger partial charge in [0.1, 0.15) is 5.82 Å². The quantitative estimate of drug-likeness (QED) is 0.517. The fourth-order valence-electron chi connectivity index (χ4n) is 2.26. The molecule has 1 aromatic heterocycles. The SMILES string of the molecule is CC[Si](CC)(CC)OCCN(C)c1ccc(C=O)cn1. The molecule has 20 heavy (non-hydrogen) atoms. The second-order valence-corrected chi connectivity index (χ2v) is 9.86. The van der Waals surface area contributed by atoms with Gasteiger partial charge in [-0.25, -0.2) is 4.98 Å². The monoisotopic (exact) mass is 294 g/mol. The number of hydrogen-bond donors (Lipinski definition) is 0. The maximum atomic E-state index is 10.6. The molecule has 0 N–H and O–H groups in total. The van der Waals surface area contributed by atoms with E-state index in [2.05, 4.69) is 30.7 Å². The van der Waals surface area contributed by atoms with Gasteiger partial charge in [0, 0.05) is 25.4 Å². The van der Waals surface area contributed by atoms with Crippen LogP contribution >= 0.6 is 0 Å². The van der Waals surface area contributed by atoms with Gasteiger partial charge in [-0.1, -0.05) is 20.8 Å². The highest BCUT2D eigenvalue weighted by atomic mass is 28.4. The maximum Gasteiger partial charge on any atom is 0.192 e. The normalized spacial score (nSPS) is 11.4. The first-order chi connectivity index (χ1) is 9.60. The van der Waals surface area contributed by atoms with Crippen molar-refractivity contribution in [1.29, 1.82) is 0 Å². The van der Waals surface area contributed by atoms with Crippen LogP contribution in [0.4, 0.5) is 5.82 Å². The lowest BCUT2D eigenvalue weighted by Crippen LogP contribution is -2.38. The molecule has 0 bridgehead atoms. The molecule has 112 valence electrons. The molecule has 0 radical (unpaired) electrons. The first-order valence-corrected chi connectivity index (χ1v) is 9.90. The Bertz CT molecular complexity index is 397. The molecule has 0 spiro atoms. The summed E-state index contributed by atoms with van der Waals surface area (Å²) in [4.78, 5) is 16.9. The number of carbonyl (C=O) groups is 1. The lowest BCUT2D eigenvalue weighted by atomic mass is 10.3. The van der Waals surface area contributed by atoms with Gasteiger partial charge in [-0.05, 0) is 30.3 Å². The van der Waals surface area contributed by atoms with E-state index in [0.29, 0.717) is 5.56 Å². The highest BCUT2D eigenvalue weighted by Crippen LogP contribution is 2.21. The Morgan fingerprint density at radius 1 is 1.25 bits per heavy atom. The summed E-state index contributed by atoms with van der Waals surface area (Å²) in [5.74, 6) is 0.871. The Morgan fingerprint density at radius 3 is 2.35 bits per heavy atom. The molecule has 5 heteroatoms. The molecule has 0 atom stereocenters. The number of rotatable bonds is 9. The van der Waals surface area contributed by atoms with Crippen LogP contribution in [0.2, 0.25) is 18.1 Å². The summed E-state index contributed by atoms with van der Waals surface area (Å²) in [7, 11) is 0.506. The van der Waals surface area contributed by atoms with Crippen molar-refractivity contribution in [2.45, 2.75) is 38.9 Å². The maximum absolute atomic E-state index is 10.6. The van der Waals surface area contributed by atoms with Crippen molar-refractivity contribution in [2.75, 3.05) is 25.1 Å². The molecule has 0 saturated heterocycles. The van der Waals surface area contributed by atoms with E-state index in [-0.39, 0.29) is 0 Å². The van der Waals surface area contributed by atoms with E-state index in [1.807, 2.05) is 13.1 Å². The van der Waals surface area contributed by atoms with Crippen molar-refractivity contribution in [1.82, 2.24) is 4.98 Å². The Morgan fingerprint density at radius 2 is 1.90 bits per heavy atom. The molecule has 0 saturated carbocycles. The number of hydrogen-bond acceptors (Lipinski definition) is 4. The number of anilines is 1. The van der Waals surface area contributed by atoms with Crippen molar-refractivity contribution < 1.29 is 9.22 Å². The van der Waals surface area contributed by atoms with Gasteiger partial charge in [0.25, 0.3) is 0 Å². The van der Waals surface area contributed by atoms with E-state index in [1.54, 1.807) is 12.3 Å². The number of carbonyl (C=O) groups excluding carboxylic acids is 1. The van der Waals surface area contributed by atoms with E-state index in [1.165, 1.54) is 18.1 Å². The summed E-state index contributed by atoms with van der Waals surface area (Å²) < 4.78 is 6.23. The van der Waals surface area contributed by atoms with E-state index in [0.717, 1.165) is 25.3 Å². The van der Waals surface area contributed by atoms with Crippen LogP contribution < -0.4 is 4.90 Å². The van der Waals surface area contributed by atoms with Crippen molar-refractivity contribution in [3.63, 3.8) is 0 Å². The molecule has 1 heterocycles. The fraction of sp³-hybridized carbons (Fsp3) is 0.600. The van der Waals surface area contributed by atoms with Gasteiger partial charge in [-0.2, -0.15) is 0 Å². The predicted octanol–water partition coefficient (Wildman–Crippen LogP) is 3.35. The minimum atomic E-state index is -1.49. The van der Waals surface area contributed by atoms with Crippen molar-refractivity contribution >= 4 is 20.4 Å². The number of pyridine rings is 1. The fourth-order valence-corrected chi connectivity index (χ4v) is 4.90. The largest absolute Gasteiger partial charge is 0.415 e. The lowest BCUT2D eigenvalue weighted by Gasteiger charge is -2.29. The van der Waals surface area contributed by atoms with Crippen LogP contribution in [0.15, 0.2) is 18.3 Å². The highest BCUT2D eigenvalue weighted by Gasteiger charge is 2.28. The van der Waals surface area contributed by atoms with Gasteiger partial charge in [0.05, 0.1) is 6.61 Å². The topological polar surface area (TPSA) is 42.4 Å². The Kier molecular flexibility index (Phi) is 6.88. The van der Waals surface area contributed by atoms with Gasteiger partial charge < -0.3 is 9.33 Å². The summed E-state index contributed by atoms with van der Waals surface area (Å²) in [6.07, 6.45) is 2.41. The lowest BCUT2D eigenvalue weighted by molar-refractivity contribution is 0.112. The van der Waals surface area contributed by atoms with Crippen LogP contribution in [0.3, 0.4) is 0 Å². The van der Waals surface area contributed by atoms with Crippen LogP contribution in [0.1, 0.15) is 31.1 Å². The summed E-state index contributed by atoms with van der Waals surface area (Å²) in [6, 6.07) is 7.19. The molecule has 0 aliphatic carbocycles. The van der Waals surface area contributed by atoms with E-state index in [9.17, 15) is 4.79 Å². The second kappa shape index (κ2) is 8.17. The van der Waals surface area contributed by atoms with Crippen molar-refractivity contribution in [3.05, 3.63) is 23.9 Å². The van der Waals surface area contributed by atoms with Crippen LogP contribution in [-0.2, 0) is 4.43 Å². The van der Waals surface area contributed by atoms with Crippen LogP contribution in [0.5, 0.6) is 0 Å². The number of nitrogens with zero attached hydrogens (tertiary/aromatic N) is 2. The molecule has 0 unspecified atom stereocenters. The molecular weight excluding hydrogens is 268 g/mol. The van der Waals surface area contributed by atoms with E-state index < -0.39 is 8.32 Å². The Balaban J connectivity index is 2.50. The summed E-state index contributed by atoms with van der Waals surface area (Å²) in [5, 5.41) is 0. The van der Waals surface area contributed by atoms with E-state index in [4.69, 9.17) is 4.43 Å². The van der Waals surface area contributed by atoms with Crippen LogP contribution in [0.25, 0.3) is 0 Å². The molecule has 1 aromatic rings. The van der Waals surface area contributed by atoms with Gasteiger partial charge in [-0.3, -0.25) is 4.79 Å². The van der Waals surface area contributed by atoms with Gasteiger partial charge in [-0.15, -0.1) is 0 Å². The van der Waals surface area contributed by atoms with Gasteiger partial charge in [0.15, 0.2) is 14.6 Å². The molecule has 0 aliphatic heterocycles. The molecule has 0 fully saturated rings. The van der Waals surface area contributed by atoms with Gasteiger partial charge in [0.2, 0.25) is 0 Å². The molecule has 0 aromatic carbocycles. The zero-order valence-corrected chi connectivity index (χ0v) is 14.1. The summed E-state index contributed by atoms with van der Waals surface area (Å²) in [5.41, 5.74) is 0.604. The Labute approximate surface area is 123 Å². The molecule has 0 amide bonds. The van der Waals surface area contributed by atoms with Gasteiger partial charge >= 0.3 is 0 Å². The van der Waals surface area contributed by atoms with E-state index >= 15 is 0 Å². The number of likely N-dealkylation sites (N-methyl/N-ethyl adjacent to an activating group) is 1. The third kappa shape index (κ3) is 4.42. The average molecular weight is 294 g/mol. The number of aromatic nitrogens is 1. The minimum Gasteiger partial charge on any atom is -0.415 e. The zero-order chi connectivity index (χ0) is 15.0. The van der Waals surface area contributed by atoms with Crippen molar-refractivity contribution in [2.24, 2.45) is 0 Å². The first kappa shape index (κ1) is 16.9. The van der Waals surface area contributed by atoms with Crippen molar-refractivity contribution in [3.8, 4) is 0 Å². The summed E-state index contributed by atoms with van der Waals surface area (Å²) >= 11 is 0. The predicted molar refractivity (Wildman–Crippen MR) is 86.0 cm³/mol. The Hall–Kier alpha value is -1.20. The zero-order valence-electron chi connectivity index (χ0n) is 13.1. The number of aldehydes is 1. The third-order valence-corrected chi connectivity index (χ3v) is 8.75. The minimum absolute atomic E-state index is 0.604. The highest BCUT2D eigenvalue weighted by molar-refractivity contribution is 6.73. The van der Waals surface area contributed by atoms with Crippen LogP contribution in [-0.4, -0.2) is 39.8 Å². The van der Waals surface area contributed by atoms with Crippen LogP contribution in [0, 0.1) is 0 Å². The second-order valence-electron chi connectivity index (χ2n) is 5.08. The smallest absolute Gasteiger partial charge is 0.192 e. The molecule has 0 aliphatic rings. The standard InChI is InChI=1S/C15H26N2O2Si/c1-5-20(6-2,7-3)19-11-10-17(4)15-9-8-14(13-18)12-16-15/h8-9,12-13H,5-7,10-11H2,1-4H3. The average Bonchev–Trinajstić information content (AvgIpc) is 2.52. The third-order valence-electron chi connectivity index (χ3n) is 4.07. The molecule has 4 nitrogen and oxygen atoms in total. The molecular formula is C15H26N2O2Si. The summed E-state index contributed by atoms with van der Waals surface area (Å²) in [6.45, 7) is 8.28. The molecule has 1 rings (SSSR count). The first-order valence-electron chi connectivity index (χ1n) is 7.37.